The van der Waals surface area contributed by atoms with Gasteiger partial charge in [0, 0.05) is 13.6 Å². The lowest BCUT2D eigenvalue weighted by Gasteiger charge is -2.22. The second-order valence-electron chi connectivity index (χ2n) is 3.85. The maximum atomic E-state index is 12.0. The Morgan fingerprint density at radius 3 is 2.64 bits per heavy atom. The standard InChI is InChI=1S/C9H16F2N2O/c1-6-3-12-4-7(6)9(14)13(2)5-8(10)11/h6-8,12H,3-5H2,1-2H3/t6-,7-/m1/s1. The van der Waals surface area contributed by atoms with Gasteiger partial charge < -0.3 is 10.2 Å². The molecule has 1 rings (SSSR count). The van der Waals surface area contributed by atoms with Crippen LogP contribution in [0, 0.1) is 11.8 Å². The van der Waals surface area contributed by atoms with Crippen molar-refractivity contribution >= 4 is 5.91 Å². The van der Waals surface area contributed by atoms with Gasteiger partial charge in [0.05, 0.1) is 12.5 Å². The van der Waals surface area contributed by atoms with E-state index >= 15 is 0 Å². The molecule has 0 aromatic heterocycles. The molecule has 1 aliphatic heterocycles. The molecule has 3 nitrogen and oxygen atoms in total. The Morgan fingerprint density at radius 1 is 1.57 bits per heavy atom. The molecule has 14 heavy (non-hydrogen) atoms. The van der Waals surface area contributed by atoms with Crippen molar-refractivity contribution in [3.05, 3.63) is 0 Å². The summed E-state index contributed by atoms with van der Waals surface area (Å²) in [6, 6.07) is 0. The molecule has 0 spiro atoms. The first-order chi connectivity index (χ1) is 6.52. The summed E-state index contributed by atoms with van der Waals surface area (Å²) in [5.41, 5.74) is 0. The highest BCUT2D eigenvalue weighted by molar-refractivity contribution is 5.79. The molecule has 0 radical (unpaired) electrons. The Balaban J connectivity index is 2.47. The van der Waals surface area contributed by atoms with Gasteiger partial charge in [-0.25, -0.2) is 8.78 Å². The molecule has 1 saturated heterocycles. The quantitative estimate of drug-likeness (QED) is 0.732. The lowest BCUT2D eigenvalue weighted by molar-refractivity contribution is -0.136. The number of nitrogens with one attached hydrogen (secondary N) is 1. The Bertz CT molecular complexity index is 211. The van der Waals surface area contributed by atoms with Crippen molar-refractivity contribution in [1.82, 2.24) is 10.2 Å². The molecule has 0 aliphatic carbocycles. The van der Waals surface area contributed by atoms with Crippen molar-refractivity contribution in [2.75, 3.05) is 26.7 Å². The van der Waals surface area contributed by atoms with E-state index in [2.05, 4.69) is 5.32 Å². The van der Waals surface area contributed by atoms with E-state index in [-0.39, 0.29) is 17.7 Å². The lowest BCUT2D eigenvalue weighted by Crippen LogP contribution is -2.38. The molecule has 1 aliphatic rings. The fourth-order valence-corrected chi connectivity index (χ4v) is 1.72. The van der Waals surface area contributed by atoms with Crippen molar-refractivity contribution in [3.63, 3.8) is 0 Å². The van der Waals surface area contributed by atoms with Crippen LogP contribution in [-0.2, 0) is 4.79 Å². The van der Waals surface area contributed by atoms with Crippen LogP contribution in [0.5, 0.6) is 0 Å². The van der Waals surface area contributed by atoms with Crippen molar-refractivity contribution in [3.8, 4) is 0 Å². The van der Waals surface area contributed by atoms with Crippen LogP contribution in [0.1, 0.15) is 6.92 Å². The van der Waals surface area contributed by atoms with Crippen LogP contribution >= 0.6 is 0 Å². The highest BCUT2D eigenvalue weighted by Gasteiger charge is 2.32. The van der Waals surface area contributed by atoms with Gasteiger partial charge in [0.2, 0.25) is 5.91 Å². The summed E-state index contributed by atoms with van der Waals surface area (Å²) < 4.78 is 24.0. The summed E-state index contributed by atoms with van der Waals surface area (Å²) >= 11 is 0. The minimum absolute atomic E-state index is 0.140. The van der Waals surface area contributed by atoms with Gasteiger partial charge in [0.1, 0.15) is 0 Å². The zero-order valence-corrected chi connectivity index (χ0v) is 8.46. The number of carbonyl (C=O) groups is 1. The molecule has 0 saturated carbocycles. The highest BCUT2D eigenvalue weighted by atomic mass is 19.3. The molecule has 1 N–H and O–H groups in total. The van der Waals surface area contributed by atoms with Crippen molar-refractivity contribution in [1.29, 1.82) is 0 Å². The Labute approximate surface area is 82.5 Å². The first-order valence-corrected chi connectivity index (χ1v) is 4.76. The van der Waals surface area contributed by atoms with E-state index in [1.165, 1.54) is 7.05 Å². The average molecular weight is 206 g/mol. The predicted molar refractivity (Wildman–Crippen MR) is 49.2 cm³/mol. The molecule has 0 bridgehead atoms. The molecule has 0 aromatic carbocycles. The predicted octanol–water partition coefficient (Wildman–Crippen LogP) is 0.565. The highest BCUT2D eigenvalue weighted by Crippen LogP contribution is 2.18. The molecule has 0 aromatic rings. The molecule has 82 valence electrons. The van der Waals surface area contributed by atoms with E-state index < -0.39 is 13.0 Å². The first-order valence-electron chi connectivity index (χ1n) is 4.76. The Morgan fingerprint density at radius 2 is 2.21 bits per heavy atom. The smallest absolute Gasteiger partial charge is 0.255 e. The van der Waals surface area contributed by atoms with Crippen LogP contribution < -0.4 is 5.32 Å². The molecule has 5 heteroatoms. The topological polar surface area (TPSA) is 32.3 Å². The van der Waals surface area contributed by atoms with Gasteiger partial charge in [-0.15, -0.1) is 0 Å². The maximum Gasteiger partial charge on any atom is 0.255 e. The van der Waals surface area contributed by atoms with Crippen molar-refractivity contribution in [2.45, 2.75) is 13.3 Å². The molecule has 1 heterocycles. The lowest BCUT2D eigenvalue weighted by atomic mass is 9.97. The molecular weight excluding hydrogens is 190 g/mol. The summed E-state index contributed by atoms with van der Waals surface area (Å²) in [4.78, 5) is 12.8. The van der Waals surface area contributed by atoms with Gasteiger partial charge >= 0.3 is 0 Å². The van der Waals surface area contributed by atoms with Gasteiger partial charge in [0.15, 0.2) is 0 Å². The SMILES string of the molecule is C[C@@H]1CNC[C@H]1C(=O)N(C)CC(F)F. The fraction of sp³-hybridized carbons (Fsp3) is 0.889. The van der Waals surface area contributed by atoms with E-state index in [4.69, 9.17) is 0 Å². The van der Waals surface area contributed by atoms with Crippen LogP contribution in [0.3, 0.4) is 0 Å². The van der Waals surface area contributed by atoms with E-state index in [9.17, 15) is 13.6 Å². The van der Waals surface area contributed by atoms with Gasteiger partial charge in [-0.1, -0.05) is 6.92 Å². The van der Waals surface area contributed by atoms with Crippen LogP contribution in [0.25, 0.3) is 0 Å². The summed E-state index contributed by atoms with van der Waals surface area (Å²) in [6.07, 6.45) is -2.45. The van der Waals surface area contributed by atoms with Gasteiger partial charge in [-0.3, -0.25) is 4.79 Å². The monoisotopic (exact) mass is 206 g/mol. The summed E-state index contributed by atoms with van der Waals surface area (Å²) in [6.45, 7) is 2.88. The number of halogens is 2. The minimum atomic E-state index is -2.45. The van der Waals surface area contributed by atoms with Crippen LogP contribution in [0.4, 0.5) is 8.78 Å². The van der Waals surface area contributed by atoms with Crippen molar-refractivity contribution in [2.24, 2.45) is 11.8 Å². The normalized spacial score (nSPS) is 26.9. The number of carbonyl (C=O) groups excluding carboxylic acids is 1. The van der Waals surface area contributed by atoms with E-state index in [0.29, 0.717) is 6.54 Å². The Kier molecular flexibility index (Phi) is 3.80. The fourth-order valence-electron chi connectivity index (χ4n) is 1.72. The summed E-state index contributed by atoms with van der Waals surface area (Å²) in [5.74, 6) is -0.0795. The second kappa shape index (κ2) is 4.68. The third-order valence-electron chi connectivity index (χ3n) is 2.62. The number of amides is 1. The maximum absolute atomic E-state index is 12.0. The molecule has 1 amide bonds. The van der Waals surface area contributed by atoms with Crippen LogP contribution in [-0.4, -0.2) is 43.9 Å². The van der Waals surface area contributed by atoms with E-state index in [1.54, 1.807) is 0 Å². The van der Waals surface area contributed by atoms with Gasteiger partial charge in [-0.05, 0) is 12.5 Å². The molecule has 0 unspecified atom stereocenters. The average Bonchev–Trinajstić information content (AvgIpc) is 2.48. The van der Waals surface area contributed by atoms with Gasteiger partial charge in [-0.2, -0.15) is 0 Å². The van der Waals surface area contributed by atoms with E-state index in [0.717, 1.165) is 11.4 Å². The Hall–Kier alpha value is -0.710. The third kappa shape index (κ3) is 2.64. The number of nitrogens with zero attached hydrogens (tertiary/aromatic N) is 1. The zero-order chi connectivity index (χ0) is 10.7. The third-order valence-corrected chi connectivity index (χ3v) is 2.62. The van der Waals surface area contributed by atoms with Crippen molar-refractivity contribution < 1.29 is 13.6 Å². The molecule has 1 fully saturated rings. The number of hydrogen-bond acceptors (Lipinski definition) is 2. The number of rotatable bonds is 3. The van der Waals surface area contributed by atoms with Crippen LogP contribution in [0.2, 0.25) is 0 Å². The number of hydrogen-bond donors (Lipinski definition) is 1. The van der Waals surface area contributed by atoms with E-state index in [1.807, 2.05) is 6.92 Å². The second-order valence-corrected chi connectivity index (χ2v) is 3.85. The summed E-state index contributed by atoms with van der Waals surface area (Å²) in [5, 5.41) is 3.08. The van der Waals surface area contributed by atoms with Gasteiger partial charge in [0.25, 0.3) is 6.43 Å². The number of alkyl halides is 2. The molecular formula is C9H16F2N2O. The minimum Gasteiger partial charge on any atom is -0.340 e. The summed E-state index contributed by atoms with van der Waals surface area (Å²) in [7, 11) is 1.43. The van der Waals surface area contributed by atoms with Crippen LogP contribution in [0.15, 0.2) is 0 Å². The molecule has 2 atom stereocenters. The first kappa shape index (κ1) is 11.4. The largest absolute Gasteiger partial charge is 0.340 e. The zero-order valence-electron chi connectivity index (χ0n) is 8.46.